The molecule has 0 unspecified atom stereocenters. The second-order valence-electron chi connectivity index (χ2n) is 7.61. The molecule has 1 saturated heterocycles. The Bertz CT molecular complexity index is 1210. The molecule has 30 heavy (non-hydrogen) atoms. The van der Waals surface area contributed by atoms with Gasteiger partial charge in [-0.2, -0.15) is 5.10 Å². The zero-order valence-electron chi connectivity index (χ0n) is 16.6. The number of carbonyl (C=O) groups excluding carboxylic acids is 1. The van der Waals surface area contributed by atoms with E-state index in [1.807, 2.05) is 40.6 Å². The summed E-state index contributed by atoms with van der Waals surface area (Å²) in [6.07, 6.45) is 5.43. The first-order chi connectivity index (χ1) is 14.6. The van der Waals surface area contributed by atoms with Crippen molar-refractivity contribution in [3.05, 3.63) is 77.8 Å². The standard InChI is InChI=1S/C22H21FN6O/c1-15-19(13-24-29(15)18-9-7-17(23)8-10-18)22(30)27-11-4-5-16(14-27)21-26-25-20-6-2-3-12-28(20)21/h2-3,6-10,12-13,16H,4-5,11,14H2,1H3/t16-/m0/s1. The maximum Gasteiger partial charge on any atom is 0.257 e. The molecule has 4 aromatic rings. The summed E-state index contributed by atoms with van der Waals surface area (Å²) in [5.74, 6) is 0.675. The van der Waals surface area contributed by atoms with Gasteiger partial charge in [0.1, 0.15) is 11.6 Å². The van der Waals surface area contributed by atoms with Crippen LogP contribution in [0.5, 0.6) is 0 Å². The number of pyridine rings is 1. The highest BCUT2D eigenvalue weighted by molar-refractivity contribution is 5.95. The van der Waals surface area contributed by atoms with E-state index < -0.39 is 0 Å². The van der Waals surface area contributed by atoms with Gasteiger partial charge >= 0.3 is 0 Å². The summed E-state index contributed by atoms with van der Waals surface area (Å²) in [6.45, 7) is 3.15. The van der Waals surface area contributed by atoms with Gasteiger partial charge in [-0.1, -0.05) is 6.07 Å². The number of piperidine rings is 1. The number of likely N-dealkylation sites (tertiary alicyclic amines) is 1. The van der Waals surface area contributed by atoms with Gasteiger partial charge in [-0.25, -0.2) is 9.07 Å². The fourth-order valence-corrected chi connectivity index (χ4v) is 4.14. The maximum absolute atomic E-state index is 13.3. The second-order valence-corrected chi connectivity index (χ2v) is 7.61. The third kappa shape index (κ3) is 3.14. The van der Waals surface area contributed by atoms with Gasteiger partial charge in [-0.15, -0.1) is 10.2 Å². The third-order valence-corrected chi connectivity index (χ3v) is 5.73. The minimum atomic E-state index is -0.305. The zero-order valence-corrected chi connectivity index (χ0v) is 16.6. The molecular formula is C22H21FN6O. The van der Waals surface area contributed by atoms with Crippen molar-refractivity contribution in [2.24, 2.45) is 0 Å². The van der Waals surface area contributed by atoms with Gasteiger partial charge in [-0.05, 0) is 56.2 Å². The average Bonchev–Trinajstić information content (AvgIpc) is 3.38. The highest BCUT2D eigenvalue weighted by Crippen LogP contribution is 2.27. The van der Waals surface area contributed by atoms with Crippen LogP contribution in [0, 0.1) is 12.7 Å². The summed E-state index contributed by atoms with van der Waals surface area (Å²) in [6, 6.07) is 11.9. The van der Waals surface area contributed by atoms with Crippen molar-refractivity contribution in [1.82, 2.24) is 29.3 Å². The lowest BCUT2D eigenvalue weighted by atomic mass is 9.96. The third-order valence-electron chi connectivity index (χ3n) is 5.73. The van der Waals surface area contributed by atoms with Gasteiger partial charge in [0, 0.05) is 25.2 Å². The number of benzene rings is 1. The van der Waals surface area contributed by atoms with Gasteiger partial charge < -0.3 is 4.90 Å². The molecule has 0 bridgehead atoms. The number of aromatic nitrogens is 5. The molecule has 0 aliphatic carbocycles. The fourth-order valence-electron chi connectivity index (χ4n) is 4.14. The molecule has 3 aromatic heterocycles. The molecule has 0 N–H and O–H groups in total. The van der Waals surface area contributed by atoms with E-state index in [2.05, 4.69) is 15.3 Å². The van der Waals surface area contributed by atoms with E-state index >= 15 is 0 Å². The molecule has 7 nitrogen and oxygen atoms in total. The van der Waals surface area contributed by atoms with Crippen molar-refractivity contribution >= 4 is 11.6 Å². The summed E-state index contributed by atoms with van der Waals surface area (Å²) in [5.41, 5.74) is 2.83. The fraction of sp³-hybridized carbons (Fsp3) is 0.273. The minimum Gasteiger partial charge on any atom is -0.338 e. The van der Waals surface area contributed by atoms with E-state index in [-0.39, 0.29) is 17.6 Å². The Labute approximate surface area is 172 Å². The Hall–Kier alpha value is -3.55. The normalized spacial score (nSPS) is 16.9. The number of rotatable bonds is 3. The first-order valence-electron chi connectivity index (χ1n) is 10.0. The molecule has 1 aliphatic rings. The van der Waals surface area contributed by atoms with Crippen molar-refractivity contribution in [3.8, 4) is 5.69 Å². The molecule has 1 aromatic carbocycles. The van der Waals surface area contributed by atoms with Gasteiger partial charge in [0.25, 0.3) is 5.91 Å². The van der Waals surface area contributed by atoms with E-state index in [9.17, 15) is 9.18 Å². The van der Waals surface area contributed by atoms with Crippen LogP contribution in [0.3, 0.4) is 0 Å². The molecular weight excluding hydrogens is 383 g/mol. The van der Waals surface area contributed by atoms with Crippen molar-refractivity contribution in [3.63, 3.8) is 0 Å². The van der Waals surface area contributed by atoms with Crippen LogP contribution in [0.25, 0.3) is 11.3 Å². The Morgan fingerprint density at radius 3 is 2.80 bits per heavy atom. The van der Waals surface area contributed by atoms with Crippen LogP contribution in [0.2, 0.25) is 0 Å². The molecule has 0 saturated carbocycles. The van der Waals surface area contributed by atoms with Crippen molar-refractivity contribution in [2.75, 3.05) is 13.1 Å². The van der Waals surface area contributed by atoms with Crippen LogP contribution in [0.15, 0.2) is 54.9 Å². The Balaban J connectivity index is 1.39. The van der Waals surface area contributed by atoms with Gasteiger partial charge in [-0.3, -0.25) is 9.20 Å². The summed E-state index contributed by atoms with van der Waals surface area (Å²) in [5, 5.41) is 13.0. The smallest absolute Gasteiger partial charge is 0.257 e. The van der Waals surface area contributed by atoms with Crippen LogP contribution in [-0.2, 0) is 0 Å². The zero-order chi connectivity index (χ0) is 20.7. The molecule has 152 valence electrons. The Kier molecular flexibility index (Phi) is 4.54. The van der Waals surface area contributed by atoms with Gasteiger partial charge in [0.15, 0.2) is 5.65 Å². The minimum absolute atomic E-state index is 0.0422. The number of nitrogens with zero attached hydrogens (tertiary/aromatic N) is 6. The van der Waals surface area contributed by atoms with Crippen LogP contribution >= 0.6 is 0 Å². The average molecular weight is 404 g/mol. The molecule has 1 aliphatic heterocycles. The Morgan fingerprint density at radius 2 is 1.97 bits per heavy atom. The summed E-state index contributed by atoms with van der Waals surface area (Å²) in [7, 11) is 0. The van der Waals surface area contributed by atoms with Crippen LogP contribution in [0.1, 0.15) is 40.6 Å². The molecule has 5 rings (SSSR count). The predicted molar refractivity (Wildman–Crippen MR) is 109 cm³/mol. The van der Waals surface area contributed by atoms with Crippen LogP contribution < -0.4 is 0 Å². The van der Waals surface area contributed by atoms with E-state index in [0.29, 0.717) is 18.7 Å². The van der Waals surface area contributed by atoms with E-state index in [0.717, 1.165) is 35.7 Å². The summed E-state index contributed by atoms with van der Waals surface area (Å²) in [4.78, 5) is 15.1. The van der Waals surface area contributed by atoms with Gasteiger partial charge in [0.05, 0.1) is 23.1 Å². The lowest BCUT2D eigenvalue weighted by molar-refractivity contribution is 0.0703. The number of fused-ring (bicyclic) bond motifs is 1. The Morgan fingerprint density at radius 1 is 1.13 bits per heavy atom. The highest BCUT2D eigenvalue weighted by atomic mass is 19.1. The lowest BCUT2D eigenvalue weighted by Crippen LogP contribution is -2.39. The van der Waals surface area contributed by atoms with Crippen molar-refractivity contribution in [1.29, 1.82) is 0 Å². The number of halogens is 1. The number of hydrogen-bond donors (Lipinski definition) is 0. The van der Waals surface area contributed by atoms with E-state index in [1.54, 1.807) is 23.0 Å². The molecule has 1 amide bonds. The largest absolute Gasteiger partial charge is 0.338 e. The molecule has 8 heteroatoms. The van der Waals surface area contributed by atoms with Crippen molar-refractivity contribution < 1.29 is 9.18 Å². The van der Waals surface area contributed by atoms with Crippen LogP contribution in [0.4, 0.5) is 4.39 Å². The predicted octanol–water partition coefficient (Wildman–Crippen LogP) is 3.38. The monoisotopic (exact) mass is 404 g/mol. The summed E-state index contributed by atoms with van der Waals surface area (Å²) >= 11 is 0. The number of amides is 1. The molecule has 1 fully saturated rings. The van der Waals surface area contributed by atoms with Crippen molar-refractivity contribution in [2.45, 2.75) is 25.7 Å². The first kappa shape index (κ1) is 18.5. The first-order valence-corrected chi connectivity index (χ1v) is 10.0. The molecule has 1 atom stereocenters. The SMILES string of the molecule is Cc1c(C(=O)N2CCC[C@H](c3nnc4ccccn34)C2)cnn1-c1ccc(F)cc1. The topological polar surface area (TPSA) is 68.3 Å². The molecule has 0 spiro atoms. The second kappa shape index (κ2) is 7.37. The number of hydrogen-bond acceptors (Lipinski definition) is 4. The molecule has 0 radical (unpaired) electrons. The maximum atomic E-state index is 13.3. The van der Waals surface area contributed by atoms with Crippen LogP contribution in [-0.4, -0.2) is 48.3 Å². The lowest BCUT2D eigenvalue weighted by Gasteiger charge is -2.32. The highest BCUT2D eigenvalue weighted by Gasteiger charge is 2.30. The van der Waals surface area contributed by atoms with E-state index in [1.165, 1.54) is 12.1 Å². The number of carbonyl (C=O) groups is 1. The quantitative estimate of drug-likeness (QED) is 0.525. The van der Waals surface area contributed by atoms with E-state index in [4.69, 9.17) is 0 Å². The molecule has 4 heterocycles. The van der Waals surface area contributed by atoms with Gasteiger partial charge in [0.2, 0.25) is 0 Å². The summed E-state index contributed by atoms with van der Waals surface area (Å²) < 4.78 is 16.9.